The normalized spacial score (nSPS) is 12.2. The van der Waals surface area contributed by atoms with E-state index >= 15 is 0 Å². The van der Waals surface area contributed by atoms with Crippen molar-refractivity contribution in [1.29, 1.82) is 0 Å². The molecule has 0 amide bonds. The number of hydrazine groups is 1. The highest BCUT2D eigenvalue weighted by molar-refractivity contribution is 5.43. The molecule has 0 fully saturated rings. The smallest absolute Gasteiger partial charge is 0.159 e. The fourth-order valence-electron chi connectivity index (χ4n) is 2.14. The summed E-state index contributed by atoms with van der Waals surface area (Å²) in [4.78, 5) is 0. The molecule has 0 radical (unpaired) electrons. The van der Waals surface area contributed by atoms with Crippen LogP contribution < -0.4 is 16.0 Å². The number of halogens is 2. The van der Waals surface area contributed by atoms with E-state index < -0.39 is 17.7 Å². The van der Waals surface area contributed by atoms with Crippen LogP contribution in [0.3, 0.4) is 0 Å². The molecule has 0 aliphatic rings. The van der Waals surface area contributed by atoms with E-state index in [-0.39, 0.29) is 0 Å². The van der Waals surface area contributed by atoms with Crippen molar-refractivity contribution in [3.8, 4) is 5.75 Å². The van der Waals surface area contributed by atoms with Crippen molar-refractivity contribution in [3.63, 3.8) is 0 Å². The highest BCUT2D eigenvalue weighted by Crippen LogP contribution is 2.31. The summed E-state index contributed by atoms with van der Waals surface area (Å²) in [5.41, 5.74) is 4.92. The van der Waals surface area contributed by atoms with Crippen molar-refractivity contribution in [2.45, 2.75) is 13.0 Å². The zero-order valence-electron chi connectivity index (χ0n) is 11.3. The van der Waals surface area contributed by atoms with Crippen molar-refractivity contribution >= 4 is 0 Å². The Labute approximate surface area is 116 Å². The van der Waals surface area contributed by atoms with E-state index in [0.29, 0.717) is 11.3 Å². The molecule has 0 aliphatic carbocycles. The van der Waals surface area contributed by atoms with Gasteiger partial charge >= 0.3 is 0 Å². The van der Waals surface area contributed by atoms with Crippen LogP contribution in [0.4, 0.5) is 8.78 Å². The zero-order chi connectivity index (χ0) is 14.7. The number of nitrogens with one attached hydrogen (secondary N) is 1. The Morgan fingerprint density at radius 2 is 1.85 bits per heavy atom. The first-order chi connectivity index (χ1) is 9.56. The van der Waals surface area contributed by atoms with Gasteiger partial charge in [0.05, 0.1) is 13.2 Å². The number of methoxy groups -OCH3 is 1. The molecule has 0 aromatic heterocycles. The first-order valence-electron chi connectivity index (χ1n) is 6.12. The first kappa shape index (κ1) is 14.4. The molecular formula is C15H16F2N2O. The minimum absolute atomic E-state index is 0.486. The summed E-state index contributed by atoms with van der Waals surface area (Å²) in [7, 11) is 1.55. The predicted octanol–water partition coefficient (Wildman–Crippen LogP) is 2.83. The molecule has 0 aliphatic heterocycles. The lowest BCUT2D eigenvalue weighted by molar-refractivity contribution is 0.404. The molecule has 106 valence electrons. The average molecular weight is 278 g/mol. The fourth-order valence-corrected chi connectivity index (χ4v) is 2.14. The molecule has 5 heteroatoms. The van der Waals surface area contributed by atoms with Gasteiger partial charge in [-0.2, -0.15) is 0 Å². The molecule has 0 bridgehead atoms. The van der Waals surface area contributed by atoms with Gasteiger partial charge in [0.25, 0.3) is 0 Å². The number of hydrogen-bond donors (Lipinski definition) is 2. The largest absolute Gasteiger partial charge is 0.496 e. The third-order valence-corrected chi connectivity index (χ3v) is 3.14. The number of aryl methyl sites for hydroxylation is 1. The van der Waals surface area contributed by atoms with Crippen LogP contribution in [0.25, 0.3) is 0 Å². The van der Waals surface area contributed by atoms with Crippen LogP contribution in [0.2, 0.25) is 0 Å². The highest BCUT2D eigenvalue weighted by atomic mass is 19.2. The third-order valence-electron chi connectivity index (χ3n) is 3.14. The van der Waals surface area contributed by atoms with Gasteiger partial charge in [0.15, 0.2) is 11.6 Å². The minimum atomic E-state index is -0.908. The van der Waals surface area contributed by atoms with Crippen molar-refractivity contribution < 1.29 is 13.5 Å². The molecule has 2 aromatic rings. The molecule has 0 spiro atoms. The Morgan fingerprint density at radius 3 is 2.45 bits per heavy atom. The van der Waals surface area contributed by atoms with E-state index in [4.69, 9.17) is 10.6 Å². The maximum absolute atomic E-state index is 13.4. The second kappa shape index (κ2) is 5.98. The van der Waals surface area contributed by atoms with Gasteiger partial charge < -0.3 is 4.74 Å². The molecule has 2 aromatic carbocycles. The lowest BCUT2D eigenvalue weighted by atomic mass is 9.96. The molecular weight excluding hydrogens is 262 g/mol. The maximum atomic E-state index is 13.4. The fraction of sp³-hybridized carbons (Fsp3) is 0.200. The monoisotopic (exact) mass is 278 g/mol. The molecule has 0 saturated heterocycles. The third kappa shape index (κ3) is 2.79. The summed E-state index contributed by atoms with van der Waals surface area (Å²) in [5.74, 6) is 4.41. The van der Waals surface area contributed by atoms with Crippen LogP contribution in [0, 0.1) is 18.6 Å². The number of benzene rings is 2. The van der Waals surface area contributed by atoms with Gasteiger partial charge in [0, 0.05) is 5.56 Å². The molecule has 0 heterocycles. The highest BCUT2D eigenvalue weighted by Gasteiger charge is 2.18. The summed E-state index contributed by atoms with van der Waals surface area (Å²) < 4.78 is 31.7. The van der Waals surface area contributed by atoms with Crippen LogP contribution in [0.15, 0.2) is 36.4 Å². The van der Waals surface area contributed by atoms with Gasteiger partial charge in [-0.25, -0.2) is 14.2 Å². The Hall–Kier alpha value is -1.98. The van der Waals surface area contributed by atoms with Crippen molar-refractivity contribution in [1.82, 2.24) is 5.43 Å². The van der Waals surface area contributed by atoms with Gasteiger partial charge in [-0.05, 0) is 30.7 Å². The quantitative estimate of drug-likeness (QED) is 0.668. The zero-order valence-corrected chi connectivity index (χ0v) is 11.3. The molecule has 2 rings (SSSR count). The Bertz CT molecular complexity index is 617. The average Bonchev–Trinajstić information content (AvgIpc) is 2.44. The van der Waals surface area contributed by atoms with Gasteiger partial charge in [-0.3, -0.25) is 5.84 Å². The van der Waals surface area contributed by atoms with Gasteiger partial charge in [0.2, 0.25) is 0 Å². The lowest BCUT2D eigenvalue weighted by Crippen LogP contribution is -2.29. The maximum Gasteiger partial charge on any atom is 0.159 e. The molecule has 3 nitrogen and oxygen atoms in total. The van der Waals surface area contributed by atoms with Crippen molar-refractivity contribution in [3.05, 3.63) is 64.7 Å². The number of ether oxygens (including phenoxy) is 1. The molecule has 3 N–H and O–H groups in total. The van der Waals surface area contributed by atoms with Gasteiger partial charge in [-0.15, -0.1) is 0 Å². The van der Waals surface area contributed by atoms with Crippen molar-refractivity contribution in [2.24, 2.45) is 5.84 Å². The second-order valence-corrected chi connectivity index (χ2v) is 4.52. The summed E-state index contributed by atoms with van der Waals surface area (Å²) in [6, 6.07) is 8.82. The summed E-state index contributed by atoms with van der Waals surface area (Å²) >= 11 is 0. The molecule has 1 unspecified atom stereocenters. The number of nitrogens with two attached hydrogens (primary N) is 1. The van der Waals surface area contributed by atoms with Crippen LogP contribution in [-0.4, -0.2) is 7.11 Å². The van der Waals surface area contributed by atoms with Gasteiger partial charge in [-0.1, -0.05) is 23.8 Å². The molecule has 1 atom stereocenters. The van der Waals surface area contributed by atoms with Crippen LogP contribution in [0.5, 0.6) is 5.75 Å². The van der Waals surface area contributed by atoms with E-state index in [1.54, 1.807) is 7.11 Å². The van der Waals surface area contributed by atoms with E-state index in [1.807, 2.05) is 25.1 Å². The molecule has 0 saturated carbocycles. The number of rotatable bonds is 4. The van der Waals surface area contributed by atoms with Crippen LogP contribution >= 0.6 is 0 Å². The second-order valence-electron chi connectivity index (χ2n) is 4.52. The lowest BCUT2D eigenvalue weighted by Gasteiger charge is -2.20. The summed E-state index contributed by atoms with van der Waals surface area (Å²) in [6.45, 7) is 1.93. The van der Waals surface area contributed by atoms with Crippen molar-refractivity contribution in [2.75, 3.05) is 7.11 Å². The SMILES string of the molecule is COc1ccc(C)cc1C(NN)c1ccc(F)c(F)c1. The number of hydrogen-bond acceptors (Lipinski definition) is 3. The Morgan fingerprint density at radius 1 is 1.10 bits per heavy atom. The van der Waals surface area contributed by atoms with Crippen LogP contribution in [-0.2, 0) is 0 Å². The summed E-state index contributed by atoms with van der Waals surface area (Å²) in [5, 5.41) is 0. The van der Waals surface area contributed by atoms with E-state index in [0.717, 1.165) is 23.3 Å². The van der Waals surface area contributed by atoms with E-state index in [2.05, 4.69) is 5.43 Å². The van der Waals surface area contributed by atoms with E-state index in [1.165, 1.54) is 6.07 Å². The first-order valence-corrected chi connectivity index (χ1v) is 6.12. The summed E-state index contributed by atoms with van der Waals surface area (Å²) in [6.07, 6.45) is 0. The predicted molar refractivity (Wildman–Crippen MR) is 73.3 cm³/mol. The standard InChI is InChI=1S/C15H16F2N2O/c1-9-3-6-14(20-2)11(7-9)15(19-18)10-4-5-12(16)13(17)8-10/h3-8,15,19H,18H2,1-2H3. The molecule has 20 heavy (non-hydrogen) atoms. The van der Waals surface area contributed by atoms with E-state index in [9.17, 15) is 8.78 Å². The Kier molecular flexibility index (Phi) is 4.32. The van der Waals surface area contributed by atoms with Gasteiger partial charge in [0.1, 0.15) is 5.75 Å². The Balaban J connectivity index is 2.51. The minimum Gasteiger partial charge on any atom is -0.496 e. The van der Waals surface area contributed by atoms with Crippen LogP contribution in [0.1, 0.15) is 22.7 Å². The topological polar surface area (TPSA) is 47.3 Å².